The first-order valence-electron chi connectivity index (χ1n) is 22.8. The first-order valence-corrected chi connectivity index (χ1v) is 27.9. The van der Waals surface area contributed by atoms with Crippen molar-refractivity contribution in [2.24, 2.45) is 0 Å². The average Bonchev–Trinajstić information content (AvgIpc) is 3.17. The molecule has 0 amide bonds. The summed E-state index contributed by atoms with van der Waals surface area (Å²) in [4.78, 5) is 16.1. The van der Waals surface area contributed by atoms with Crippen molar-refractivity contribution in [3.8, 4) is 0 Å². The molecule has 0 aliphatic rings. The molecule has 0 bridgehead atoms. The summed E-state index contributed by atoms with van der Waals surface area (Å²) in [5, 5.41) is 38.2. The van der Waals surface area contributed by atoms with Crippen LogP contribution in [-0.4, -0.2) is 211 Å². The Morgan fingerprint density at radius 1 is 0.541 bits per heavy atom. The average molecular weight is 940 g/mol. The van der Waals surface area contributed by atoms with E-state index in [0.29, 0.717) is 12.5 Å². The van der Waals surface area contributed by atoms with Crippen LogP contribution in [0.4, 0.5) is 0 Å². The third-order valence-electron chi connectivity index (χ3n) is 10.7. The van der Waals surface area contributed by atoms with Gasteiger partial charge in [-0.05, 0) is 12.8 Å². The van der Waals surface area contributed by atoms with E-state index in [-0.39, 0.29) is 92.1 Å². The van der Waals surface area contributed by atoms with Crippen LogP contribution in [0.1, 0.15) is 116 Å². The van der Waals surface area contributed by atoms with E-state index in [1.54, 1.807) is 4.90 Å². The van der Waals surface area contributed by atoms with E-state index in [4.69, 9.17) is 13.3 Å². The van der Waals surface area contributed by atoms with Gasteiger partial charge in [0.2, 0.25) is 0 Å². The van der Waals surface area contributed by atoms with E-state index in [9.17, 15) is 51.2 Å². The molecule has 0 heterocycles. The Balaban J connectivity index is 5.63. The highest BCUT2D eigenvalue weighted by molar-refractivity contribution is 7.86. The second kappa shape index (κ2) is 36.3. The third kappa shape index (κ3) is 38.1. The molecule has 0 aromatic carbocycles. The molecule has 0 saturated heterocycles. The number of quaternary nitrogens is 1. The predicted octanol–water partition coefficient (Wildman–Crippen LogP) is 3.40. The number of hydrogen-bond donors (Lipinski definition) is 6. The molecule has 0 radical (unpaired) electrons. The van der Waals surface area contributed by atoms with Crippen molar-refractivity contribution in [3.05, 3.63) is 0 Å². The largest absolute Gasteiger partial charge is 0.502 e. The lowest BCUT2D eigenvalue weighted by Crippen LogP contribution is -2.52. The highest BCUT2D eigenvalue weighted by atomic mass is 32.2. The van der Waals surface area contributed by atoms with Crippen LogP contribution in [0.2, 0.25) is 6.04 Å². The fourth-order valence-electron chi connectivity index (χ4n) is 7.07. The summed E-state index contributed by atoms with van der Waals surface area (Å²) in [6, 6.07) is 0.308. The number of carboxylic acid groups (broad SMARTS) is 1. The molecular weight excluding hydrogens is 853 g/mol. The van der Waals surface area contributed by atoms with Crippen molar-refractivity contribution in [2.45, 2.75) is 122 Å². The van der Waals surface area contributed by atoms with Crippen molar-refractivity contribution < 1.29 is 68.9 Å². The summed E-state index contributed by atoms with van der Waals surface area (Å²) in [7, 11) is -8.02. The van der Waals surface area contributed by atoms with E-state index in [2.05, 4.69) is 21.0 Å². The second-order valence-electron chi connectivity index (χ2n) is 16.8. The second-order valence-corrected chi connectivity index (χ2v) is 22.7. The Hall–Kier alpha value is -0.893. The van der Waals surface area contributed by atoms with Gasteiger partial charge in [0.1, 0.15) is 0 Å². The molecule has 0 aromatic heterocycles. The molecule has 0 fully saturated rings. The number of aliphatic hydroxyl groups excluding tert-OH is 3. The van der Waals surface area contributed by atoms with E-state index in [1.807, 2.05) is 0 Å². The van der Waals surface area contributed by atoms with E-state index in [0.717, 1.165) is 30.4 Å². The Kier molecular flexibility index (Phi) is 35.8. The van der Waals surface area contributed by atoms with Gasteiger partial charge in [0, 0.05) is 58.3 Å². The SMILES string of the molecule is CCCCCCCCCCCCCCCCCC[N+](C)(C)CCC[Si](OCCN(CCO)CCS(=O)(=O)O)(OCCN(CCO)CC(=O)O)OCN(CCO)CCS(=O)(=O)O. The first-order chi connectivity index (χ1) is 28.9. The van der Waals surface area contributed by atoms with Gasteiger partial charge in [-0.1, -0.05) is 96.8 Å². The van der Waals surface area contributed by atoms with Crippen molar-refractivity contribution in [3.63, 3.8) is 0 Å². The minimum Gasteiger partial charge on any atom is -0.480 e. The smallest absolute Gasteiger partial charge is 0.480 e. The van der Waals surface area contributed by atoms with Gasteiger partial charge in [-0.2, -0.15) is 16.8 Å². The molecular formula is C40H87N4O14S2Si+. The fourth-order valence-corrected chi connectivity index (χ4v) is 10.5. The number of carbonyl (C=O) groups is 1. The zero-order valence-electron chi connectivity index (χ0n) is 38.0. The molecule has 6 N–H and O–H groups in total. The van der Waals surface area contributed by atoms with Gasteiger partial charge >= 0.3 is 14.8 Å². The topological polar surface area (TPSA) is 244 Å². The fraction of sp³-hybridized carbons (Fsp3) is 0.975. The number of aliphatic carboxylic acids is 1. The van der Waals surface area contributed by atoms with Crippen LogP contribution in [0.5, 0.6) is 0 Å². The van der Waals surface area contributed by atoms with Crippen LogP contribution >= 0.6 is 0 Å². The van der Waals surface area contributed by atoms with Crippen LogP contribution in [0, 0.1) is 0 Å². The number of rotatable bonds is 46. The Morgan fingerprint density at radius 2 is 0.934 bits per heavy atom. The maximum atomic E-state index is 11.6. The third-order valence-corrected chi connectivity index (χ3v) is 14.9. The molecule has 1 unspecified atom stereocenters. The van der Waals surface area contributed by atoms with Crippen LogP contribution in [0.15, 0.2) is 0 Å². The molecule has 366 valence electrons. The van der Waals surface area contributed by atoms with Gasteiger partial charge in [-0.15, -0.1) is 0 Å². The number of unbranched alkanes of at least 4 members (excludes halogenated alkanes) is 15. The maximum Gasteiger partial charge on any atom is 0.502 e. The Morgan fingerprint density at radius 3 is 1.38 bits per heavy atom. The standard InChI is InChI=1S/C40H86N4O14S2Si/c1-4-5-6-7-8-9-10-11-12-13-14-15-16-17-18-19-28-44(2,3)29-20-37-61(57-34-25-42(22-31-46)38-40(48)49,58-39-43(23-32-47)27-36-60(53,54)55)56-33-24-41(21-30-45)26-35-59(50,51)52/h45-47H,4-39H2,1-3H3,(H2-,48,49,50,51,52,53,54,55)/p+1. The minimum atomic E-state index is -4.32. The molecule has 1 atom stereocenters. The van der Waals surface area contributed by atoms with Gasteiger partial charge in [-0.25, -0.2) is 0 Å². The van der Waals surface area contributed by atoms with Crippen molar-refractivity contribution >= 4 is 35.0 Å². The van der Waals surface area contributed by atoms with Gasteiger partial charge in [0.15, 0.2) is 0 Å². The Bertz CT molecular complexity index is 1290. The number of aliphatic hydroxyl groups is 3. The van der Waals surface area contributed by atoms with Gasteiger partial charge in [0.05, 0.1) is 85.0 Å². The summed E-state index contributed by atoms with van der Waals surface area (Å²) in [5.41, 5.74) is 0. The molecule has 18 nitrogen and oxygen atoms in total. The summed E-state index contributed by atoms with van der Waals surface area (Å²) < 4.78 is 84.8. The van der Waals surface area contributed by atoms with Gasteiger partial charge < -0.3 is 38.2 Å². The van der Waals surface area contributed by atoms with Gasteiger partial charge in [-0.3, -0.25) is 28.6 Å². The molecule has 0 rings (SSSR count). The zero-order valence-corrected chi connectivity index (χ0v) is 40.6. The highest BCUT2D eigenvalue weighted by Gasteiger charge is 2.42. The van der Waals surface area contributed by atoms with Crippen LogP contribution in [0.3, 0.4) is 0 Å². The van der Waals surface area contributed by atoms with Crippen LogP contribution in [-0.2, 0) is 38.3 Å². The lowest BCUT2D eigenvalue weighted by atomic mass is 10.0. The van der Waals surface area contributed by atoms with Crippen LogP contribution < -0.4 is 0 Å². The molecule has 61 heavy (non-hydrogen) atoms. The number of hydrogen-bond acceptors (Lipinski definition) is 14. The first kappa shape index (κ1) is 60.1. The molecule has 0 aliphatic carbocycles. The molecule has 21 heteroatoms. The summed E-state index contributed by atoms with van der Waals surface area (Å²) in [5.74, 6) is -2.24. The lowest BCUT2D eigenvalue weighted by molar-refractivity contribution is -0.890. The van der Waals surface area contributed by atoms with Crippen molar-refractivity contribution in [1.29, 1.82) is 0 Å². The minimum absolute atomic E-state index is 0.0199. The van der Waals surface area contributed by atoms with Crippen LogP contribution in [0.25, 0.3) is 0 Å². The lowest BCUT2D eigenvalue weighted by Gasteiger charge is -2.35. The predicted molar refractivity (Wildman–Crippen MR) is 241 cm³/mol. The van der Waals surface area contributed by atoms with Crippen molar-refractivity contribution in [1.82, 2.24) is 14.7 Å². The molecule has 0 aromatic rings. The quantitative estimate of drug-likeness (QED) is 0.0168. The maximum absolute atomic E-state index is 11.6. The zero-order chi connectivity index (χ0) is 45.9. The van der Waals surface area contributed by atoms with E-state index < -0.39 is 46.5 Å². The summed E-state index contributed by atoms with van der Waals surface area (Å²) >= 11 is 0. The normalized spacial score (nSPS) is 13.8. The number of carboxylic acids is 1. The molecule has 0 aliphatic heterocycles. The highest BCUT2D eigenvalue weighted by Crippen LogP contribution is 2.22. The summed E-state index contributed by atoms with van der Waals surface area (Å²) in [6.07, 6.45) is 21.4. The molecule has 0 saturated carbocycles. The van der Waals surface area contributed by atoms with Crippen molar-refractivity contribution in [2.75, 3.05) is 131 Å². The number of nitrogens with zero attached hydrogens (tertiary/aromatic N) is 4. The summed E-state index contributed by atoms with van der Waals surface area (Å²) in [6.45, 7) is 2.68. The molecule has 0 spiro atoms. The van der Waals surface area contributed by atoms with Gasteiger partial charge in [0.25, 0.3) is 20.2 Å². The van der Waals surface area contributed by atoms with E-state index >= 15 is 0 Å². The van der Waals surface area contributed by atoms with E-state index in [1.165, 1.54) is 99.7 Å². The Labute approximate surface area is 370 Å². The monoisotopic (exact) mass is 940 g/mol.